The highest BCUT2D eigenvalue weighted by molar-refractivity contribution is 9.10. The first-order valence-corrected chi connectivity index (χ1v) is 10.7. The average Bonchev–Trinajstić information content (AvgIpc) is 3.09. The molecule has 1 aromatic rings. The molecular weight excluding hydrogens is 448 g/mol. The third-order valence-electron chi connectivity index (χ3n) is 5.47. The van der Waals surface area contributed by atoms with E-state index in [2.05, 4.69) is 21.2 Å². The number of benzene rings is 1. The fourth-order valence-corrected chi connectivity index (χ4v) is 4.46. The molecule has 1 saturated heterocycles. The first-order chi connectivity index (χ1) is 13.4. The van der Waals surface area contributed by atoms with Gasteiger partial charge in [0, 0.05) is 29.2 Å². The van der Waals surface area contributed by atoms with Crippen molar-refractivity contribution >= 4 is 51.0 Å². The maximum absolute atomic E-state index is 12.3. The Hall–Kier alpha value is -1.60. The Morgan fingerprint density at radius 2 is 2.00 bits per heavy atom. The van der Waals surface area contributed by atoms with Crippen LogP contribution in [-0.4, -0.2) is 41.9 Å². The summed E-state index contributed by atoms with van der Waals surface area (Å²) >= 11 is 9.48. The molecule has 1 aromatic carbocycles. The largest absolute Gasteiger partial charge is 0.455 e. The molecule has 1 heterocycles. The standard InChI is InChI=1S/C20H24BrClN2O4/c1-12-16(8-7-15(21)19(12)22)23-17(25)11-28-20(27)13-9-18(26)24(10-13)14-5-3-2-4-6-14/h7-8,13-14H,2-6,9-11H2,1H3,(H,23,25)/t13-/m0/s1. The summed E-state index contributed by atoms with van der Waals surface area (Å²) in [6.45, 7) is 1.80. The normalized spacial score (nSPS) is 20.3. The van der Waals surface area contributed by atoms with Crippen LogP contribution in [0.15, 0.2) is 16.6 Å². The molecule has 1 N–H and O–H groups in total. The molecular formula is C20H24BrClN2O4. The van der Waals surface area contributed by atoms with E-state index in [1.54, 1.807) is 19.1 Å². The Morgan fingerprint density at radius 1 is 1.29 bits per heavy atom. The van der Waals surface area contributed by atoms with E-state index in [1.807, 2.05) is 4.90 Å². The summed E-state index contributed by atoms with van der Waals surface area (Å²) in [6.07, 6.45) is 5.64. The summed E-state index contributed by atoms with van der Waals surface area (Å²) < 4.78 is 5.91. The number of anilines is 1. The Balaban J connectivity index is 1.49. The number of nitrogens with zero attached hydrogens (tertiary/aromatic N) is 1. The predicted molar refractivity (Wildman–Crippen MR) is 110 cm³/mol. The van der Waals surface area contributed by atoms with E-state index in [0.717, 1.165) is 35.7 Å². The number of likely N-dealkylation sites (tertiary alicyclic amines) is 1. The molecule has 8 heteroatoms. The van der Waals surface area contributed by atoms with Crippen molar-refractivity contribution in [1.29, 1.82) is 0 Å². The van der Waals surface area contributed by atoms with E-state index in [0.29, 0.717) is 17.3 Å². The van der Waals surface area contributed by atoms with Crippen LogP contribution in [0.1, 0.15) is 44.1 Å². The summed E-state index contributed by atoms with van der Waals surface area (Å²) in [7, 11) is 0. The topological polar surface area (TPSA) is 75.7 Å². The number of rotatable bonds is 5. The van der Waals surface area contributed by atoms with Crippen molar-refractivity contribution in [3.8, 4) is 0 Å². The maximum atomic E-state index is 12.3. The molecule has 152 valence electrons. The highest BCUT2D eigenvalue weighted by Gasteiger charge is 2.39. The number of nitrogens with one attached hydrogen (secondary N) is 1. The van der Waals surface area contributed by atoms with E-state index < -0.39 is 17.8 Å². The molecule has 0 bridgehead atoms. The van der Waals surface area contributed by atoms with Crippen molar-refractivity contribution in [2.45, 2.75) is 51.5 Å². The Labute approximate surface area is 178 Å². The molecule has 0 spiro atoms. The molecule has 1 aliphatic heterocycles. The third kappa shape index (κ3) is 4.87. The van der Waals surface area contributed by atoms with Gasteiger partial charge in [-0.2, -0.15) is 0 Å². The molecule has 0 aromatic heterocycles. The predicted octanol–water partition coefficient (Wildman–Crippen LogP) is 4.07. The van der Waals surface area contributed by atoms with E-state index >= 15 is 0 Å². The van der Waals surface area contributed by atoms with Crippen molar-refractivity contribution in [2.24, 2.45) is 5.92 Å². The lowest BCUT2D eigenvalue weighted by Crippen LogP contribution is -2.38. The number of hydrogen-bond donors (Lipinski definition) is 1. The van der Waals surface area contributed by atoms with Crippen molar-refractivity contribution in [2.75, 3.05) is 18.5 Å². The van der Waals surface area contributed by atoms with Crippen LogP contribution in [0.3, 0.4) is 0 Å². The van der Waals surface area contributed by atoms with Crippen molar-refractivity contribution < 1.29 is 19.1 Å². The summed E-state index contributed by atoms with van der Waals surface area (Å²) in [5.74, 6) is -1.42. The third-order valence-corrected chi connectivity index (χ3v) is 6.84. The van der Waals surface area contributed by atoms with Gasteiger partial charge in [-0.25, -0.2) is 0 Å². The minimum absolute atomic E-state index is 0.0124. The van der Waals surface area contributed by atoms with Crippen molar-refractivity contribution in [3.63, 3.8) is 0 Å². The van der Waals surface area contributed by atoms with Crippen LogP contribution in [0.5, 0.6) is 0 Å². The van der Waals surface area contributed by atoms with Crippen molar-refractivity contribution in [3.05, 3.63) is 27.2 Å². The molecule has 2 aliphatic rings. The molecule has 1 saturated carbocycles. The van der Waals surface area contributed by atoms with Crippen LogP contribution in [0.4, 0.5) is 5.69 Å². The van der Waals surface area contributed by atoms with Gasteiger partial charge < -0.3 is 15.0 Å². The lowest BCUT2D eigenvalue weighted by Gasteiger charge is -2.31. The van der Waals surface area contributed by atoms with Gasteiger partial charge in [-0.15, -0.1) is 0 Å². The summed E-state index contributed by atoms with van der Waals surface area (Å²) in [5.41, 5.74) is 1.29. The van der Waals surface area contributed by atoms with E-state index in [1.165, 1.54) is 6.42 Å². The zero-order chi connectivity index (χ0) is 20.3. The van der Waals surface area contributed by atoms with Crippen LogP contribution in [-0.2, 0) is 19.1 Å². The van der Waals surface area contributed by atoms with Crippen LogP contribution in [0, 0.1) is 12.8 Å². The summed E-state index contributed by atoms with van der Waals surface area (Å²) in [6, 6.07) is 3.70. The zero-order valence-electron chi connectivity index (χ0n) is 15.8. The number of carbonyl (C=O) groups is 3. The number of amides is 2. The molecule has 0 unspecified atom stereocenters. The second-order valence-corrected chi connectivity index (χ2v) is 8.66. The SMILES string of the molecule is Cc1c(NC(=O)COC(=O)[C@H]2CC(=O)N(C3CCCCC3)C2)ccc(Br)c1Cl. The van der Waals surface area contributed by atoms with Crippen LogP contribution >= 0.6 is 27.5 Å². The maximum Gasteiger partial charge on any atom is 0.311 e. The summed E-state index contributed by atoms with van der Waals surface area (Å²) in [4.78, 5) is 38.6. The minimum atomic E-state index is -0.494. The monoisotopic (exact) mass is 470 g/mol. The van der Waals surface area contributed by atoms with E-state index in [4.69, 9.17) is 16.3 Å². The van der Waals surface area contributed by atoms with Crippen LogP contribution in [0.2, 0.25) is 5.02 Å². The smallest absolute Gasteiger partial charge is 0.311 e. The first-order valence-electron chi connectivity index (χ1n) is 9.57. The van der Waals surface area contributed by atoms with Gasteiger partial charge in [0.1, 0.15) is 0 Å². The fourth-order valence-electron chi connectivity index (χ4n) is 3.86. The lowest BCUT2D eigenvalue weighted by atomic mass is 9.94. The van der Waals surface area contributed by atoms with Gasteiger partial charge in [0.05, 0.1) is 10.9 Å². The first kappa shape index (κ1) is 21.1. The lowest BCUT2D eigenvalue weighted by molar-refractivity contribution is -0.151. The molecule has 2 fully saturated rings. The number of ether oxygens (including phenoxy) is 1. The van der Waals surface area contributed by atoms with Gasteiger partial charge in [-0.05, 0) is 53.4 Å². The summed E-state index contributed by atoms with van der Waals surface area (Å²) in [5, 5.41) is 3.21. The fraction of sp³-hybridized carbons (Fsp3) is 0.550. The second-order valence-electron chi connectivity index (χ2n) is 7.43. The highest BCUT2D eigenvalue weighted by atomic mass is 79.9. The molecule has 1 atom stereocenters. The molecule has 6 nitrogen and oxygen atoms in total. The Kier molecular flexibility index (Phi) is 6.99. The number of halogens is 2. The average molecular weight is 472 g/mol. The number of carbonyl (C=O) groups excluding carboxylic acids is 3. The Morgan fingerprint density at radius 3 is 2.71 bits per heavy atom. The quantitative estimate of drug-likeness (QED) is 0.657. The van der Waals surface area contributed by atoms with Gasteiger partial charge in [-0.1, -0.05) is 30.9 Å². The molecule has 28 heavy (non-hydrogen) atoms. The van der Waals surface area contributed by atoms with E-state index in [9.17, 15) is 14.4 Å². The Bertz CT molecular complexity index is 780. The molecule has 0 radical (unpaired) electrons. The highest BCUT2D eigenvalue weighted by Crippen LogP contribution is 2.31. The molecule has 1 aliphatic carbocycles. The number of hydrogen-bond acceptors (Lipinski definition) is 4. The zero-order valence-corrected chi connectivity index (χ0v) is 18.1. The van der Waals surface area contributed by atoms with Crippen LogP contribution in [0.25, 0.3) is 0 Å². The number of esters is 1. The minimum Gasteiger partial charge on any atom is -0.455 e. The van der Waals surface area contributed by atoms with E-state index in [-0.39, 0.29) is 25.0 Å². The molecule has 2 amide bonds. The molecule has 3 rings (SSSR count). The second kappa shape index (κ2) is 9.27. The van der Waals surface area contributed by atoms with Crippen LogP contribution < -0.4 is 5.32 Å². The van der Waals surface area contributed by atoms with Gasteiger partial charge in [0.25, 0.3) is 5.91 Å². The van der Waals surface area contributed by atoms with Gasteiger partial charge in [-0.3, -0.25) is 14.4 Å². The van der Waals surface area contributed by atoms with Crippen molar-refractivity contribution in [1.82, 2.24) is 4.90 Å². The van der Waals surface area contributed by atoms with Gasteiger partial charge >= 0.3 is 5.97 Å². The van der Waals surface area contributed by atoms with Gasteiger partial charge in [0.15, 0.2) is 6.61 Å². The van der Waals surface area contributed by atoms with Gasteiger partial charge in [0.2, 0.25) is 5.91 Å².